The van der Waals surface area contributed by atoms with E-state index in [9.17, 15) is 19.5 Å². The van der Waals surface area contributed by atoms with Crippen LogP contribution in [0, 0.1) is 11.8 Å². The van der Waals surface area contributed by atoms with Crippen molar-refractivity contribution in [2.24, 2.45) is 11.8 Å². The monoisotopic (exact) mass is 392 g/mol. The molecular weight excluding hydrogens is 368 g/mol. The lowest BCUT2D eigenvalue weighted by molar-refractivity contribution is -0.149. The van der Waals surface area contributed by atoms with Gasteiger partial charge in [0.2, 0.25) is 11.8 Å². The van der Waals surface area contributed by atoms with Gasteiger partial charge in [-0.25, -0.2) is 0 Å². The summed E-state index contributed by atoms with van der Waals surface area (Å²) < 4.78 is 0. The molecule has 2 saturated heterocycles. The molecule has 3 N–H and O–H groups in total. The fourth-order valence-corrected chi connectivity index (χ4v) is 4.72. The molecule has 2 amide bonds. The average molecular weight is 392 g/mol. The molecule has 0 aromatic heterocycles. The van der Waals surface area contributed by atoms with E-state index in [1.54, 1.807) is 0 Å². The number of amides is 2. The molecule has 4 unspecified atom stereocenters. The lowest BCUT2D eigenvalue weighted by Crippen LogP contribution is -2.55. The van der Waals surface area contributed by atoms with Crippen LogP contribution in [0.2, 0.25) is 0 Å². The van der Waals surface area contributed by atoms with Crippen LogP contribution < -0.4 is 10.6 Å². The van der Waals surface area contributed by atoms with Crippen molar-refractivity contribution in [3.63, 3.8) is 0 Å². The first-order valence-electron chi connectivity index (χ1n) is 9.99. The third-order valence-corrected chi connectivity index (χ3v) is 6.18. The van der Waals surface area contributed by atoms with Gasteiger partial charge in [0.25, 0.3) is 0 Å². The normalized spacial score (nSPS) is 28.2. The van der Waals surface area contributed by atoms with Crippen molar-refractivity contribution in [2.75, 3.05) is 0 Å². The Morgan fingerprint density at radius 2 is 1.66 bits per heavy atom. The van der Waals surface area contributed by atoms with Crippen LogP contribution in [0.3, 0.4) is 0 Å². The van der Waals surface area contributed by atoms with E-state index in [0.717, 1.165) is 23.1 Å². The summed E-state index contributed by atoms with van der Waals surface area (Å²) in [4.78, 5) is 37.4. The Morgan fingerprint density at radius 3 is 2.28 bits per heavy atom. The second-order valence-corrected chi connectivity index (χ2v) is 7.85. The molecular formula is C23H24N2O4. The van der Waals surface area contributed by atoms with Crippen LogP contribution in [-0.2, 0) is 14.4 Å². The van der Waals surface area contributed by atoms with Crippen molar-refractivity contribution < 1.29 is 19.5 Å². The van der Waals surface area contributed by atoms with Crippen molar-refractivity contribution in [3.05, 3.63) is 60.2 Å². The van der Waals surface area contributed by atoms with Gasteiger partial charge in [0.05, 0.1) is 11.8 Å². The second kappa shape index (κ2) is 7.44. The van der Waals surface area contributed by atoms with Crippen LogP contribution in [-0.4, -0.2) is 28.4 Å². The van der Waals surface area contributed by atoms with Gasteiger partial charge >= 0.3 is 5.97 Å². The number of unbranched alkanes of at least 4 members (excludes halogenated alkanes) is 1. The minimum absolute atomic E-state index is 0.305. The van der Waals surface area contributed by atoms with E-state index >= 15 is 0 Å². The predicted octanol–water partition coefficient (Wildman–Crippen LogP) is 2.90. The molecule has 2 aromatic rings. The summed E-state index contributed by atoms with van der Waals surface area (Å²) >= 11 is 0. The predicted molar refractivity (Wildman–Crippen MR) is 108 cm³/mol. The van der Waals surface area contributed by atoms with Gasteiger partial charge in [-0.05, 0) is 23.1 Å². The first kappa shape index (κ1) is 19.3. The molecule has 2 aromatic carbocycles. The summed E-state index contributed by atoms with van der Waals surface area (Å²) in [7, 11) is 0. The Hall–Kier alpha value is -2.99. The number of carboxylic acids is 1. The number of rotatable bonds is 6. The summed E-state index contributed by atoms with van der Waals surface area (Å²) in [5, 5.41) is 15.6. The Bertz CT molecular complexity index is 941. The molecule has 2 fully saturated rings. The Balaban J connectivity index is 1.71. The maximum Gasteiger partial charge on any atom is 0.324 e. The molecule has 0 spiro atoms. The number of imide groups is 1. The highest BCUT2D eigenvalue weighted by molar-refractivity contribution is 6.09. The minimum Gasteiger partial charge on any atom is -0.480 e. The number of carbonyl (C=O) groups excluding carboxylic acids is 2. The smallest absolute Gasteiger partial charge is 0.324 e. The molecule has 2 heterocycles. The summed E-state index contributed by atoms with van der Waals surface area (Å²) in [6.07, 6.45) is 1.77. The number of hydrogen-bond acceptors (Lipinski definition) is 4. The number of nitrogens with one attached hydrogen (secondary N) is 2. The van der Waals surface area contributed by atoms with Crippen LogP contribution in [0.25, 0.3) is 11.1 Å². The average Bonchev–Trinajstić information content (AvgIpc) is 3.24. The van der Waals surface area contributed by atoms with Gasteiger partial charge in [-0.2, -0.15) is 0 Å². The largest absolute Gasteiger partial charge is 0.480 e. The first-order valence-corrected chi connectivity index (χ1v) is 9.99. The van der Waals surface area contributed by atoms with Crippen LogP contribution in [0.15, 0.2) is 54.6 Å². The number of carbonyl (C=O) groups is 3. The van der Waals surface area contributed by atoms with Crippen LogP contribution >= 0.6 is 0 Å². The molecule has 150 valence electrons. The number of hydrogen-bond donors (Lipinski definition) is 3. The van der Waals surface area contributed by atoms with E-state index in [-0.39, 0.29) is 0 Å². The summed E-state index contributed by atoms with van der Waals surface area (Å²) in [6.45, 7) is 1.97. The number of benzene rings is 2. The fraction of sp³-hybridized carbons (Fsp3) is 0.348. The SMILES string of the molecule is CCCCC1(C(=O)O)NC(c2ccc(-c3ccccc3)cc2)C2C(=O)NC(=O)C21. The van der Waals surface area contributed by atoms with E-state index in [1.807, 2.05) is 61.5 Å². The van der Waals surface area contributed by atoms with Gasteiger partial charge in [-0.1, -0.05) is 74.4 Å². The zero-order valence-electron chi connectivity index (χ0n) is 16.2. The molecule has 0 radical (unpaired) electrons. The molecule has 0 saturated carbocycles. The third kappa shape index (κ3) is 3.13. The highest BCUT2D eigenvalue weighted by Crippen LogP contribution is 2.48. The Labute approximate surface area is 169 Å². The van der Waals surface area contributed by atoms with Gasteiger partial charge in [-0.15, -0.1) is 0 Å². The Kier molecular flexibility index (Phi) is 4.96. The molecule has 0 bridgehead atoms. The number of carboxylic acid groups (broad SMARTS) is 1. The van der Waals surface area contributed by atoms with Crippen LogP contribution in [0.4, 0.5) is 0 Å². The molecule has 6 nitrogen and oxygen atoms in total. The van der Waals surface area contributed by atoms with Crippen molar-refractivity contribution >= 4 is 17.8 Å². The topological polar surface area (TPSA) is 95.5 Å². The fourth-order valence-electron chi connectivity index (χ4n) is 4.72. The quantitative estimate of drug-likeness (QED) is 0.657. The van der Waals surface area contributed by atoms with E-state index < -0.39 is 41.2 Å². The molecule has 4 rings (SSSR count). The van der Waals surface area contributed by atoms with Gasteiger partial charge < -0.3 is 5.11 Å². The van der Waals surface area contributed by atoms with E-state index in [2.05, 4.69) is 10.6 Å². The zero-order chi connectivity index (χ0) is 20.6. The zero-order valence-corrected chi connectivity index (χ0v) is 16.2. The van der Waals surface area contributed by atoms with Crippen molar-refractivity contribution in [2.45, 2.75) is 37.8 Å². The van der Waals surface area contributed by atoms with Gasteiger partial charge in [-0.3, -0.25) is 25.0 Å². The van der Waals surface area contributed by atoms with Crippen molar-refractivity contribution in [1.82, 2.24) is 10.6 Å². The highest BCUT2D eigenvalue weighted by atomic mass is 16.4. The summed E-state index contributed by atoms with van der Waals surface area (Å²) in [5.41, 5.74) is 1.49. The highest BCUT2D eigenvalue weighted by Gasteiger charge is 2.65. The minimum atomic E-state index is -1.43. The standard InChI is InChI=1S/C23H24N2O4/c1-2-3-13-23(22(28)29)18-17(20(26)24-21(18)27)19(25-23)16-11-9-15(10-12-16)14-7-5-4-6-8-14/h4-12,17-19,25H,2-3,13H2,1H3,(H,28,29)(H,24,26,27). The molecule has 29 heavy (non-hydrogen) atoms. The number of fused-ring (bicyclic) bond motifs is 1. The van der Waals surface area contributed by atoms with Gasteiger partial charge in [0.15, 0.2) is 0 Å². The van der Waals surface area contributed by atoms with Crippen molar-refractivity contribution in [1.29, 1.82) is 0 Å². The summed E-state index contributed by atoms with van der Waals surface area (Å²) in [5.74, 6) is -3.59. The van der Waals surface area contributed by atoms with Gasteiger partial charge in [0, 0.05) is 6.04 Å². The summed E-state index contributed by atoms with van der Waals surface area (Å²) in [6, 6.07) is 17.1. The molecule has 4 atom stereocenters. The first-order chi connectivity index (χ1) is 14.0. The molecule has 0 aliphatic carbocycles. The van der Waals surface area contributed by atoms with Gasteiger partial charge in [0.1, 0.15) is 5.54 Å². The lowest BCUT2D eigenvalue weighted by Gasteiger charge is -2.29. The molecule has 6 heteroatoms. The molecule has 2 aliphatic heterocycles. The molecule has 2 aliphatic rings. The van der Waals surface area contributed by atoms with E-state index in [4.69, 9.17) is 0 Å². The lowest BCUT2D eigenvalue weighted by atomic mass is 9.76. The third-order valence-electron chi connectivity index (χ3n) is 6.18. The van der Waals surface area contributed by atoms with Crippen LogP contribution in [0.5, 0.6) is 0 Å². The number of aliphatic carboxylic acids is 1. The van der Waals surface area contributed by atoms with Crippen molar-refractivity contribution in [3.8, 4) is 11.1 Å². The maximum atomic E-state index is 12.6. The van der Waals surface area contributed by atoms with E-state index in [0.29, 0.717) is 12.8 Å². The maximum absolute atomic E-state index is 12.6. The van der Waals surface area contributed by atoms with Crippen LogP contribution in [0.1, 0.15) is 37.8 Å². The van der Waals surface area contributed by atoms with E-state index in [1.165, 1.54) is 0 Å². The Morgan fingerprint density at radius 1 is 1.00 bits per heavy atom. The second-order valence-electron chi connectivity index (χ2n) is 7.85.